The zero-order chi connectivity index (χ0) is 20.0. The first-order valence-corrected chi connectivity index (χ1v) is 9.18. The third kappa shape index (κ3) is 5.13. The number of anilines is 1. The van der Waals surface area contributed by atoms with Crippen molar-refractivity contribution in [2.75, 3.05) is 26.0 Å². The van der Waals surface area contributed by atoms with Gasteiger partial charge in [0.25, 0.3) is 5.91 Å². The zero-order valence-electron chi connectivity index (χ0n) is 14.7. The quantitative estimate of drug-likeness (QED) is 0.753. The van der Waals surface area contributed by atoms with Crippen LogP contribution >= 0.6 is 0 Å². The first kappa shape index (κ1) is 20.1. The van der Waals surface area contributed by atoms with E-state index in [0.717, 1.165) is 4.31 Å². The molecule has 0 unspecified atom stereocenters. The largest absolute Gasteiger partial charge is 0.452 e. The molecule has 2 aromatic rings. The smallest absolute Gasteiger partial charge is 0.338 e. The summed E-state index contributed by atoms with van der Waals surface area (Å²) < 4.78 is 30.2. The summed E-state index contributed by atoms with van der Waals surface area (Å²) in [5.41, 5.74) is 0.921. The van der Waals surface area contributed by atoms with E-state index in [9.17, 15) is 18.0 Å². The molecule has 0 radical (unpaired) electrons. The molecule has 0 spiro atoms. The van der Waals surface area contributed by atoms with Gasteiger partial charge < -0.3 is 10.1 Å². The number of nitrogens with zero attached hydrogens (tertiary/aromatic N) is 2. The molecular weight excluding hydrogens is 370 g/mol. The van der Waals surface area contributed by atoms with Crippen LogP contribution in [0.5, 0.6) is 0 Å². The van der Waals surface area contributed by atoms with E-state index in [1.165, 1.54) is 50.5 Å². The van der Waals surface area contributed by atoms with Gasteiger partial charge in [0.2, 0.25) is 10.0 Å². The zero-order valence-corrected chi connectivity index (χ0v) is 15.5. The Morgan fingerprint density at radius 2 is 1.81 bits per heavy atom. The van der Waals surface area contributed by atoms with Gasteiger partial charge in [0.05, 0.1) is 22.1 Å². The number of hydrogen-bond donors (Lipinski definition) is 1. The second-order valence-corrected chi connectivity index (χ2v) is 7.78. The van der Waals surface area contributed by atoms with E-state index in [1.54, 1.807) is 12.1 Å². The molecule has 27 heavy (non-hydrogen) atoms. The average molecular weight is 387 g/mol. The summed E-state index contributed by atoms with van der Waals surface area (Å²) in [5.74, 6) is -1.38. The van der Waals surface area contributed by atoms with Crippen molar-refractivity contribution in [2.45, 2.75) is 4.90 Å². The molecule has 2 rings (SSSR count). The Morgan fingerprint density at radius 1 is 1.15 bits per heavy atom. The molecule has 2 aromatic carbocycles. The lowest BCUT2D eigenvalue weighted by atomic mass is 10.2. The Hall–Kier alpha value is -3.22. The Labute approximate surface area is 157 Å². The Bertz CT molecular complexity index is 992. The van der Waals surface area contributed by atoms with Crippen LogP contribution in [-0.4, -0.2) is 45.3 Å². The fraction of sp³-hybridized carbons (Fsp3) is 0.167. The summed E-state index contributed by atoms with van der Waals surface area (Å²) in [6, 6.07) is 13.5. The number of amides is 1. The molecule has 0 saturated carbocycles. The molecule has 140 valence electrons. The van der Waals surface area contributed by atoms with Crippen LogP contribution in [0.1, 0.15) is 15.9 Å². The van der Waals surface area contributed by atoms with Gasteiger partial charge in [-0.2, -0.15) is 5.26 Å². The van der Waals surface area contributed by atoms with Gasteiger partial charge in [0.15, 0.2) is 6.61 Å². The van der Waals surface area contributed by atoms with Gasteiger partial charge in [0, 0.05) is 19.8 Å². The number of carbonyl (C=O) groups excluding carboxylic acids is 2. The molecule has 0 saturated heterocycles. The van der Waals surface area contributed by atoms with Crippen molar-refractivity contribution < 1.29 is 22.7 Å². The van der Waals surface area contributed by atoms with Crippen molar-refractivity contribution in [3.05, 3.63) is 59.7 Å². The Kier molecular flexibility index (Phi) is 6.28. The van der Waals surface area contributed by atoms with Crippen molar-refractivity contribution in [1.29, 1.82) is 5.26 Å². The molecule has 0 bridgehead atoms. The highest BCUT2D eigenvalue weighted by atomic mass is 32.2. The average Bonchev–Trinajstić information content (AvgIpc) is 2.66. The van der Waals surface area contributed by atoms with E-state index < -0.39 is 28.5 Å². The number of rotatable bonds is 6. The highest BCUT2D eigenvalue weighted by Crippen LogP contribution is 2.15. The maximum absolute atomic E-state index is 12.1. The number of esters is 1. The molecule has 0 atom stereocenters. The number of nitrogens with one attached hydrogen (secondary N) is 1. The predicted molar refractivity (Wildman–Crippen MR) is 97.4 cm³/mol. The van der Waals surface area contributed by atoms with Crippen molar-refractivity contribution in [1.82, 2.24) is 4.31 Å². The van der Waals surface area contributed by atoms with Crippen LogP contribution in [0.4, 0.5) is 5.69 Å². The van der Waals surface area contributed by atoms with Gasteiger partial charge in [0.1, 0.15) is 0 Å². The predicted octanol–water partition coefficient (Wildman–Crippen LogP) is 1.60. The van der Waals surface area contributed by atoms with Crippen LogP contribution in [0, 0.1) is 11.3 Å². The lowest BCUT2D eigenvalue weighted by Crippen LogP contribution is -2.23. The Morgan fingerprint density at radius 3 is 2.41 bits per heavy atom. The number of benzene rings is 2. The minimum Gasteiger partial charge on any atom is -0.452 e. The maximum Gasteiger partial charge on any atom is 0.338 e. The van der Waals surface area contributed by atoms with Crippen molar-refractivity contribution >= 4 is 27.6 Å². The molecule has 0 aromatic heterocycles. The van der Waals surface area contributed by atoms with E-state index in [0.29, 0.717) is 11.3 Å². The van der Waals surface area contributed by atoms with Crippen LogP contribution in [-0.2, 0) is 19.6 Å². The SMILES string of the molecule is CN(C)S(=O)(=O)c1cccc(C(=O)OCC(=O)Nc2ccc(C#N)cc2)c1. The fourth-order valence-corrected chi connectivity index (χ4v) is 2.98. The molecule has 1 N–H and O–H groups in total. The maximum atomic E-state index is 12.1. The van der Waals surface area contributed by atoms with Crippen molar-refractivity contribution in [3.63, 3.8) is 0 Å². The summed E-state index contributed by atoms with van der Waals surface area (Å²) in [4.78, 5) is 23.9. The third-order valence-electron chi connectivity index (χ3n) is 3.48. The van der Waals surface area contributed by atoms with Gasteiger partial charge in [-0.05, 0) is 42.5 Å². The molecular formula is C18H17N3O5S. The van der Waals surface area contributed by atoms with E-state index in [4.69, 9.17) is 10.00 Å². The minimum absolute atomic E-state index is 0.0177. The van der Waals surface area contributed by atoms with E-state index in [2.05, 4.69) is 5.32 Å². The molecule has 1 amide bonds. The molecule has 0 fully saturated rings. The van der Waals surface area contributed by atoms with Gasteiger partial charge in [-0.3, -0.25) is 4.79 Å². The molecule has 9 heteroatoms. The van der Waals surface area contributed by atoms with Crippen LogP contribution in [0.25, 0.3) is 0 Å². The molecule has 0 aliphatic heterocycles. The summed E-state index contributed by atoms with van der Waals surface area (Å²) in [7, 11) is -0.922. The fourth-order valence-electron chi connectivity index (χ4n) is 2.03. The lowest BCUT2D eigenvalue weighted by molar-refractivity contribution is -0.119. The summed E-state index contributed by atoms with van der Waals surface area (Å²) in [6.45, 7) is -0.538. The van der Waals surface area contributed by atoms with Crippen molar-refractivity contribution in [3.8, 4) is 6.07 Å². The monoisotopic (exact) mass is 387 g/mol. The number of hydrogen-bond acceptors (Lipinski definition) is 6. The minimum atomic E-state index is -3.69. The molecule has 0 heterocycles. The van der Waals surface area contributed by atoms with Gasteiger partial charge >= 0.3 is 5.97 Å². The van der Waals surface area contributed by atoms with E-state index in [1.807, 2.05) is 6.07 Å². The topological polar surface area (TPSA) is 117 Å². The van der Waals surface area contributed by atoms with Gasteiger partial charge in [-0.25, -0.2) is 17.5 Å². The summed E-state index contributed by atoms with van der Waals surface area (Å²) in [5, 5.41) is 11.3. The van der Waals surface area contributed by atoms with E-state index >= 15 is 0 Å². The van der Waals surface area contributed by atoms with E-state index in [-0.39, 0.29) is 10.5 Å². The number of sulfonamides is 1. The molecule has 0 aliphatic rings. The Balaban J connectivity index is 1.99. The third-order valence-corrected chi connectivity index (χ3v) is 5.29. The number of carbonyl (C=O) groups is 2. The van der Waals surface area contributed by atoms with Crippen LogP contribution in [0.2, 0.25) is 0 Å². The van der Waals surface area contributed by atoms with Crippen LogP contribution < -0.4 is 5.32 Å². The van der Waals surface area contributed by atoms with Gasteiger partial charge in [-0.15, -0.1) is 0 Å². The normalized spacial score (nSPS) is 10.9. The molecule has 8 nitrogen and oxygen atoms in total. The highest BCUT2D eigenvalue weighted by molar-refractivity contribution is 7.89. The first-order valence-electron chi connectivity index (χ1n) is 7.74. The number of nitriles is 1. The first-order chi connectivity index (χ1) is 12.7. The number of ether oxygens (including phenoxy) is 1. The standard InChI is InChI=1S/C18H17N3O5S/c1-21(2)27(24,25)16-5-3-4-14(10-16)18(23)26-12-17(22)20-15-8-6-13(11-19)7-9-15/h3-10H,12H2,1-2H3,(H,20,22). The van der Waals surface area contributed by atoms with Crippen LogP contribution in [0.15, 0.2) is 53.4 Å². The second kappa shape index (κ2) is 8.44. The van der Waals surface area contributed by atoms with Gasteiger partial charge in [-0.1, -0.05) is 6.07 Å². The molecule has 0 aliphatic carbocycles. The van der Waals surface area contributed by atoms with Crippen LogP contribution in [0.3, 0.4) is 0 Å². The lowest BCUT2D eigenvalue weighted by Gasteiger charge is -2.12. The van der Waals surface area contributed by atoms with Crippen molar-refractivity contribution in [2.24, 2.45) is 0 Å². The highest BCUT2D eigenvalue weighted by Gasteiger charge is 2.19. The second-order valence-electron chi connectivity index (χ2n) is 5.63. The summed E-state index contributed by atoms with van der Waals surface area (Å²) >= 11 is 0. The summed E-state index contributed by atoms with van der Waals surface area (Å²) in [6.07, 6.45) is 0.